The number of hydrogen-bond acceptors (Lipinski definition) is 4. The lowest BCUT2D eigenvalue weighted by molar-refractivity contribution is 0.375. The van der Waals surface area contributed by atoms with E-state index in [1.807, 2.05) is 0 Å². The Hall–Kier alpha value is -3.62. The van der Waals surface area contributed by atoms with Crippen LogP contribution < -0.4 is 14.5 Å². The molecule has 0 amide bonds. The van der Waals surface area contributed by atoms with Gasteiger partial charge in [0.2, 0.25) is 5.82 Å². The van der Waals surface area contributed by atoms with E-state index >= 15 is 0 Å². The second-order valence-corrected chi connectivity index (χ2v) is 7.00. The predicted octanol–water partition coefficient (Wildman–Crippen LogP) is 5.76. The summed E-state index contributed by atoms with van der Waals surface area (Å²) < 4.78 is 81.5. The number of hydrogen-bond donors (Lipinski definition) is 0. The van der Waals surface area contributed by atoms with Crippen LogP contribution in [0, 0.1) is 29.1 Å². The normalized spacial score (nSPS) is 15.7. The molecule has 1 heterocycles. The van der Waals surface area contributed by atoms with Crippen molar-refractivity contribution in [3.8, 4) is 11.5 Å². The third kappa shape index (κ3) is 3.53. The first kappa shape index (κ1) is 21.6. The molecule has 3 aromatic carbocycles. The van der Waals surface area contributed by atoms with E-state index in [-0.39, 0.29) is 6.42 Å². The van der Waals surface area contributed by atoms with E-state index in [1.165, 1.54) is 14.2 Å². The molecule has 0 aliphatic carbocycles. The first-order valence-corrected chi connectivity index (χ1v) is 9.52. The lowest BCUT2D eigenvalue weighted by atomic mass is 9.97. The number of ether oxygens (including phenoxy) is 2. The van der Waals surface area contributed by atoms with E-state index in [0.29, 0.717) is 28.3 Å². The summed E-state index contributed by atoms with van der Waals surface area (Å²) in [6.45, 7) is 0. The number of nitrogens with zero attached hydrogens (tertiary/aromatic N) is 2. The van der Waals surface area contributed by atoms with Gasteiger partial charge in [-0.2, -0.15) is 5.10 Å². The van der Waals surface area contributed by atoms with Gasteiger partial charge in [-0.1, -0.05) is 30.3 Å². The zero-order chi connectivity index (χ0) is 23.0. The van der Waals surface area contributed by atoms with Crippen LogP contribution in [0.15, 0.2) is 53.6 Å². The van der Waals surface area contributed by atoms with E-state index in [0.717, 1.165) is 5.01 Å². The monoisotopic (exact) mass is 448 g/mol. The van der Waals surface area contributed by atoms with Crippen molar-refractivity contribution in [1.82, 2.24) is 0 Å². The molecule has 0 radical (unpaired) electrons. The second kappa shape index (κ2) is 8.49. The molecular weight excluding hydrogens is 431 g/mol. The van der Waals surface area contributed by atoms with Crippen LogP contribution in [0.3, 0.4) is 0 Å². The summed E-state index contributed by atoms with van der Waals surface area (Å²) in [4.78, 5) is 0. The number of rotatable bonds is 5. The molecule has 0 saturated carbocycles. The molecule has 0 bridgehead atoms. The van der Waals surface area contributed by atoms with Gasteiger partial charge in [-0.05, 0) is 17.7 Å². The molecular formula is C23H17F5N2O2. The Bertz CT molecular complexity index is 1170. The Balaban J connectivity index is 1.92. The fraction of sp³-hybridized carbons (Fsp3) is 0.174. The minimum atomic E-state index is -2.23. The lowest BCUT2D eigenvalue weighted by Crippen LogP contribution is -2.23. The fourth-order valence-electron chi connectivity index (χ4n) is 3.65. The van der Waals surface area contributed by atoms with Crippen LogP contribution in [0.5, 0.6) is 11.5 Å². The largest absolute Gasteiger partial charge is 0.497 e. The number of benzene rings is 3. The Labute approximate surface area is 180 Å². The third-order valence-corrected chi connectivity index (χ3v) is 5.23. The van der Waals surface area contributed by atoms with Gasteiger partial charge in [0.25, 0.3) is 0 Å². The second-order valence-electron chi connectivity index (χ2n) is 7.00. The van der Waals surface area contributed by atoms with Crippen molar-refractivity contribution < 1.29 is 31.4 Å². The first-order valence-electron chi connectivity index (χ1n) is 9.52. The average molecular weight is 448 g/mol. The molecule has 0 fully saturated rings. The smallest absolute Gasteiger partial charge is 0.200 e. The molecule has 32 heavy (non-hydrogen) atoms. The highest BCUT2D eigenvalue weighted by Gasteiger charge is 2.38. The van der Waals surface area contributed by atoms with Crippen LogP contribution in [-0.4, -0.2) is 19.9 Å². The molecule has 9 heteroatoms. The molecule has 1 aliphatic rings. The lowest BCUT2D eigenvalue weighted by Gasteiger charge is -2.26. The quantitative estimate of drug-likeness (QED) is 0.283. The van der Waals surface area contributed by atoms with Crippen molar-refractivity contribution >= 4 is 11.4 Å². The van der Waals surface area contributed by atoms with Gasteiger partial charge in [0.1, 0.15) is 17.2 Å². The number of anilines is 1. The highest BCUT2D eigenvalue weighted by molar-refractivity contribution is 6.03. The van der Waals surface area contributed by atoms with Crippen molar-refractivity contribution in [3.63, 3.8) is 0 Å². The molecule has 1 atom stereocenters. The molecule has 1 aliphatic heterocycles. The molecule has 0 unspecified atom stereocenters. The summed E-state index contributed by atoms with van der Waals surface area (Å²) in [5.41, 5.74) is 0.371. The van der Waals surface area contributed by atoms with E-state index in [1.54, 1.807) is 48.5 Å². The van der Waals surface area contributed by atoms with Gasteiger partial charge in [0, 0.05) is 18.1 Å². The zero-order valence-corrected chi connectivity index (χ0v) is 17.0. The van der Waals surface area contributed by atoms with Crippen molar-refractivity contribution in [1.29, 1.82) is 0 Å². The molecule has 0 spiro atoms. The highest BCUT2D eigenvalue weighted by atomic mass is 19.2. The Kier molecular flexibility index (Phi) is 5.73. The maximum Gasteiger partial charge on any atom is 0.200 e. The van der Waals surface area contributed by atoms with Crippen molar-refractivity contribution in [2.24, 2.45) is 5.10 Å². The summed E-state index contributed by atoms with van der Waals surface area (Å²) in [5, 5.41) is 5.09. The van der Waals surface area contributed by atoms with Crippen LogP contribution in [0.25, 0.3) is 0 Å². The molecule has 0 N–H and O–H groups in total. The number of methoxy groups -OCH3 is 2. The maximum atomic E-state index is 14.7. The Morgan fingerprint density at radius 1 is 0.812 bits per heavy atom. The Morgan fingerprint density at radius 3 is 2.03 bits per heavy atom. The Morgan fingerprint density at radius 2 is 1.44 bits per heavy atom. The van der Waals surface area contributed by atoms with Crippen LogP contribution in [0.2, 0.25) is 0 Å². The number of halogens is 5. The topological polar surface area (TPSA) is 34.1 Å². The highest BCUT2D eigenvalue weighted by Crippen LogP contribution is 2.44. The van der Waals surface area contributed by atoms with Crippen LogP contribution in [0.1, 0.15) is 23.6 Å². The van der Waals surface area contributed by atoms with Crippen LogP contribution in [-0.2, 0) is 0 Å². The first-order chi connectivity index (χ1) is 15.4. The fourth-order valence-corrected chi connectivity index (χ4v) is 3.65. The van der Waals surface area contributed by atoms with E-state index in [4.69, 9.17) is 9.47 Å². The van der Waals surface area contributed by atoms with Crippen molar-refractivity contribution in [2.45, 2.75) is 12.5 Å². The zero-order valence-electron chi connectivity index (χ0n) is 17.0. The third-order valence-electron chi connectivity index (χ3n) is 5.23. The minimum absolute atomic E-state index is 0.131. The van der Waals surface area contributed by atoms with Crippen molar-refractivity contribution in [2.75, 3.05) is 19.2 Å². The minimum Gasteiger partial charge on any atom is -0.497 e. The summed E-state index contributed by atoms with van der Waals surface area (Å²) in [7, 11) is 2.86. The maximum absolute atomic E-state index is 14.7. The summed E-state index contributed by atoms with van der Waals surface area (Å²) in [6.07, 6.45) is 0.131. The van der Waals surface area contributed by atoms with Gasteiger partial charge in [0.05, 0.1) is 26.0 Å². The van der Waals surface area contributed by atoms with E-state index in [9.17, 15) is 22.0 Å². The van der Waals surface area contributed by atoms with Gasteiger partial charge in [-0.3, -0.25) is 5.01 Å². The molecule has 0 aromatic heterocycles. The standard InChI is InChI=1S/C23H17F5N2O2/c1-31-13-8-9-14(17(10-13)32-2)16-11-15(12-6-4-3-5-7-12)29-30(16)23-21(27)19(25)18(24)20(26)22(23)28/h3-10,16H,11H2,1-2H3/t16-/m1/s1. The van der Waals surface area contributed by atoms with Crippen LogP contribution in [0.4, 0.5) is 27.6 Å². The summed E-state index contributed by atoms with van der Waals surface area (Å²) in [5.74, 6) is -9.45. The average Bonchev–Trinajstić information content (AvgIpc) is 3.26. The summed E-state index contributed by atoms with van der Waals surface area (Å²) in [6, 6.07) is 12.6. The SMILES string of the molecule is COc1ccc([C@H]2CC(c3ccccc3)=NN2c2c(F)c(F)c(F)c(F)c2F)c(OC)c1. The van der Waals surface area contributed by atoms with E-state index < -0.39 is 40.8 Å². The van der Waals surface area contributed by atoms with Gasteiger partial charge < -0.3 is 9.47 Å². The van der Waals surface area contributed by atoms with Gasteiger partial charge in [-0.15, -0.1) is 0 Å². The van der Waals surface area contributed by atoms with Gasteiger partial charge in [-0.25, -0.2) is 22.0 Å². The van der Waals surface area contributed by atoms with Gasteiger partial charge in [0.15, 0.2) is 23.3 Å². The van der Waals surface area contributed by atoms with Crippen LogP contribution >= 0.6 is 0 Å². The number of hydrazone groups is 1. The predicted molar refractivity (Wildman–Crippen MR) is 109 cm³/mol. The van der Waals surface area contributed by atoms with Gasteiger partial charge >= 0.3 is 0 Å². The van der Waals surface area contributed by atoms with Crippen molar-refractivity contribution in [3.05, 3.63) is 88.7 Å². The summed E-state index contributed by atoms with van der Waals surface area (Å²) >= 11 is 0. The van der Waals surface area contributed by atoms with E-state index in [2.05, 4.69) is 5.10 Å². The molecule has 4 rings (SSSR count). The molecule has 0 saturated heterocycles. The molecule has 4 nitrogen and oxygen atoms in total. The molecule has 166 valence electrons. The molecule has 3 aromatic rings.